The topological polar surface area (TPSA) is 9.23 Å². The number of rotatable bonds is 1. The zero-order chi connectivity index (χ0) is 15.5. The van der Waals surface area contributed by atoms with Crippen LogP contribution in [0.25, 0.3) is 0 Å². The minimum Gasteiger partial charge on any atom is -0.426 e. The van der Waals surface area contributed by atoms with Gasteiger partial charge in [-0.15, -0.1) is 0 Å². The van der Waals surface area contributed by atoms with Crippen LogP contribution in [0.15, 0.2) is 18.2 Å². The maximum atomic E-state index is 6.41. The van der Waals surface area contributed by atoms with Gasteiger partial charge in [0.1, 0.15) is 0 Å². The van der Waals surface area contributed by atoms with Crippen LogP contribution in [0.5, 0.6) is 0 Å². The van der Waals surface area contributed by atoms with Crippen molar-refractivity contribution in [2.75, 3.05) is 0 Å². The lowest BCUT2D eigenvalue weighted by Gasteiger charge is -2.34. The van der Waals surface area contributed by atoms with E-state index in [0.29, 0.717) is 5.41 Å². The monoisotopic (exact) mass is 284 g/mol. The summed E-state index contributed by atoms with van der Waals surface area (Å²) in [5.41, 5.74) is 4.96. The van der Waals surface area contributed by atoms with Gasteiger partial charge in [-0.3, -0.25) is 0 Å². The van der Waals surface area contributed by atoms with Crippen LogP contribution < -0.4 is 5.46 Å². The summed E-state index contributed by atoms with van der Waals surface area (Å²) in [5, 5.41) is 0. The first kappa shape index (κ1) is 15.2. The number of hydrogen-bond acceptors (Lipinski definition) is 1. The Bertz CT molecular complexity index is 541. The van der Waals surface area contributed by atoms with Gasteiger partial charge in [0.2, 0.25) is 0 Å². The average Bonchev–Trinajstić information content (AvgIpc) is 2.58. The predicted molar refractivity (Wildman–Crippen MR) is 91.5 cm³/mol. The average molecular weight is 284 g/mol. The van der Waals surface area contributed by atoms with Crippen LogP contribution in [0.4, 0.5) is 0 Å². The summed E-state index contributed by atoms with van der Waals surface area (Å²) < 4.78 is 6.41. The third-order valence-electron chi connectivity index (χ3n) is 6.25. The maximum Gasteiger partial charge on any atom is 0.327 e. The van der Waals surface area contributed by atoms with Crippen molar-refractivity contribution in [3.8, 4) is 0 Å². The molecule has 0 spiro atoms. The molecule has 1 aliphatic carbocycles. The molecule has 3 rings (SSSR count). The lowest BCUT2D eigenvalue weighted by Crippen LogP contribution is -2.36. The highest BCUT2D eigenvalue weighted by Gasteiger charge is 2.50. The Morgan fingerprint density at radius 2 is 1.76 bits per heavy atom. The summed E-state index contributed by atoms with van der Waals surface area (Å²) in [6.07, 6.45) is 4.96. The van der Waals surface area contributed by atoms with Gasteiger partial charge in [0.25, 0.3) is 0 Å². The third-order valence-corrected chi connectivity index (χ3v) is 6.25. The molecular weight excluding hydrogens is 255 g/mol. The highest BCUT2D eigenvalue weighted by molar-refractivity contribution is 6.68. The molecular formula is C19H29BO. The Hall–Kier alpha value is -0.755. The van der Waals surface area contributed by atoms with Gasteiger partial charge in [0, 0.05) is 0 Å². The molecule has 1 saturated heterocycles. The number of aryl methyl sites for hydroxylation is 1. The summed E-state index contributed by atoms with van der Waals surface area (Å²) in [4.78, 5) is 0. The van der Waals surface area contributed by atoms with Gasteiger partial charge < -0.3 is 4.65 Å². The Morgan fingerprint density at radius 1 is 1.05 bits per heavy atom. The minimum absolute atomic E-state index is 0.0525. The Labute approximate surface area is 130 Å². The van der Waals surface area contributed by atoms with Crippen LogP contribution >= 0.6 is 0 Å². The maximum absolute atomic E-state index is 6.41. The molecule has 1 heterocycles. The molecule has 114 valence electrons. The van der Waals surface area contributed by atoms with Crippen molar-refractivity contribution in [3.05, 3.63) is 29.3 Å². The lowest BCUT2D eigenvalue weighted by molar-refractivity contribution is 0.0375. The van der Waals surface area contributed by atoms with Crippen LogP contribution in [0.1, 0.15) is 65.5 Å². The van der Waals surface area contributed by atoms with Gasteiger partial charge in [0.15, 0.2) is 0 Å². The van der Waals surface area contributed by atoms with Crippen molar-refractivity contribution in [1.29, 1.82) is 0 Å². The van der Waals surface area contributed by atoms with E-state index >= 15 is 0 Å². The Kier molecular flexibility index (Phi) is 3.33. The van der Waals surface area contributed by atoms with Crippen molar-refractivity contribution in [1.82, 2.24) is 0 Å². The van der Waals surface area contributed by atoms with Gasteiger partial charge in [-0.2, -0.15) is 0 Å². The zero-order valence-electron chi connectivity index (χ0n) is 14.5. The lowest BCUT2D eigenvalue weighted by atomic mass is 9.53. The Morgan fingerprint density at radius 3 is 2.38 bits per heavy atom. The van der Waals surface area contributed by atoms with E-state index < -0.39 is 0 Å². The van der Waals surface area contributed by atoms with Crippen molar-refractivity contribution in [3.63, 3.8) is 0 Å². The first-order chi connectivity index (χ1) is 9.62. The van der Waals surface area contributed by atoms with Crippen LogP contribution in [0.2, 0.25) is 6.32 Å². The molecule has 1 aromatic carbocycles. The van der Waals surface area contributed by atoms with Crippen molar-refractivity contribution >= 4 is 12.4 Å². The fraction of sp³-hybridized carbons (Fsp3) is 0.684. The van der Waals surface area contributed by atoms with E-state index in [1.54, 1.807) is 11.1 Å². The number of hydrogen-bond donors (Lipinski definition) is 0. The SMILES string of the molecule is CC1(C)CCCc2ccc(B3CC(C)(C)C(C)(C)O3)cc21. The van der Waals surface area contributed by atoms with Gasteiger partial charge >= 0.3 is 6.92 Å². The molecule has 0 N–H and O–H groups in total. The minimum atomic E-state index is -0.0525. The van der Waals surface area contributed by atoms with E-state index in [1.165, 1.54) is 24.7 Å². The van der Waals surface area contributed by atoms with E-state index in [0.717, 1.165) is 6.32 Å². The normalized spacial score (nSPS) is 25.7. The van der Waals surface area contributed by atoms with E-state index in [1.807, 2.05) is 0 Å². The van der Waals surface area contributed by atoms with E-state index in [-0.39, 0.29) is 17.9 Å². The standard InChI is InChI=1S/C19H29BO/c1-17(2)11-7-8-14-9-10-15(12-16(14)17)20-13-18(3,4)19(5,6)21-20/h9-10,12H,7-8,11,13H2,1-6H3. The summed E-state index contributed by atoms with van der Waals surface area (Å²) in [7, 11) is 0. The second-order valence-corrected chi connectivity index (χ2v) is 8.86. The molecule has 21 heavy (non-hydrogen) atoms. The molecule has 1 aromatic rings. The highest BCUT2D eigenvalue weighted by atomic mass is 16.5. The van der Waals surface area contributed by atoms with Gasteiger partial charge in [-0.1, -0.05) is 45.9 Å². The van der Waals surface area contributed by atoms with Crippen LogP contribution in [-0.2, 0) is 16.5 Å². The molecule has 0 amide bonds. The summed E-state index contributed by atoms with van der Waals surface area (Å²) >= 11 is 0. The van der Waals surface area contributed by atoms with Crippen LogP contribution in [0.3, 0.4) is 0 Å². The van der Waals surface area contributed by atoms with Gasteiger partial charge in [0.05, 0.1) is 5.60 Å². The molecule has 0 bridgehead atoms. The summed E-state index contributed by atoms with van der Waals surface area (Å²) in [6.45, 7) is 14.1. The van der Waals surface area contributed by atoms with Crippen molar-refractivity contribution in [2.24, 2.45) is 5.41 Å². The molecule has 0 unspecified atom stereocenters. The molecule has 0 aromatic heterocycles. The molecule has 1 fully saturated rings. The predicted octanol–water partition coefficient (Wildman–Crippen LogP) is 4.33. The third kappa shape index (κ3) is 2.46. The molecule has 1 aliphatic heterocycles. The van der Waals surface area contributed by atoms with Crippen molar-refractivity contribution in [2.45, 2.75) is 78.1 Å². The van der Waals surface area contributed by atoms with Crippen LogP contribution in [0, 0.1) is 5.41 Å². The number of benzene rings is 1. The number of fused-ring (bicyclic) bond motifs is 1. The second-order valence-electron chi connectivity index (χ2n) is 8.86. The molecule has 2 aliphatic rings. The van der Waals surface area contributed by atoms with E-state index in [2.05, 4.69) is 59.7 Å². The highest BCUT2D eigenvalue weighted by Crippen LogP contribution is 2.45. The zero-order valence-corrected chi connectivity index (χ0v) is 14.5. The quantitative estimate of drug-likeness (QED) is 0.697. The molecule has 2 heteroatoms. The van der Waals surface area contributed by atoms with E-state index in [4.69, 9.17) is 4.65 Å². The fourth-order valence-corrected chi connectivity index (χ4v) is 3.95. The molecule has 1 nitrogen and oxygen atoms in total. The molecule has 0 saturated carbocycles. The van der Waals surface area contributed by atoms with Crippen LogP contribution in [-0.4, -0.2) is 12.5 Å². The van der Waals surface area contributed by atoms with Gasteiger partial charge in [-0.25, -0.2) is 0 Å². The first-order valence-electron chi connectivity index (χ1n) is 8.44. The first-order valence-corrected chi connectivity index (χ1v) is 8.44. The van der Waals surface area contributed by atoms with Crippen molar-refractivity contribution < 1.29 is 4.65 Å². The fourth-order valence-electron chi connectivity index (χ4n) is 3.95. The Balaban J connectivity index is 1.95. The largest absolute Gasteiger partial charge is 0.426 e. The van der Waals surface area contributed by atoms with E-state index in [9.17, 15) is 0 Å². The van der Waals surface area contributed by atoms with Gasteiger partial charge in [-0.05, 0) is 66.8 Å². The summed E-state index contributed by atoms with van der Waals surface area (Å²) in [6, 6.07) is 7.10. The molecule has 0 radical (unpaired) electrons. The second kappa shape index (κ2) is 4.62. The smallest absolute Gasteiger partial charge is 0.327 e. The molecule has 0 atom stereocenters. The summed E-state index contributed by atoms with van der Waals surface area (Å²) in [5.74, 6) is 0.